The number of aromatic nitrogens is 2. The Morgan fingerprint density at radius 1 is 1.05 bits per heavy atom. The van der Waals surface area contributed by atoms with Crippen molar-refractivity contribution in [2.75, 3.05) is 5.32 Å². The summed E-state index contributed by atoms with van der Waals surface area (Å²) in [6, 6.07) is 12.7. The molecule has 0 aliphatic carbocycles. The van der Waals surface area contributed by atoms with Gasteiger partial charge in [-0.15, -0.1) is 0 Å². The quantitative estimate of drug-likeness (QED) is 0.558. The second-order valence-corrected chi connectivity index (χ2v) is 5.59. The number of hydrogen-bond acceptors (Lipinski definition) is 4. The molecule has 0 radical (unpaired) electrons. The van der Waals surface area contributed by atoms with Crippen LogP contribution >= 0.6 is 12.6 Å². The summed E-state index contributed by atoms with van der Waals surface area (Å²) in [5.74, 6) is -0.149. The van der Waals surface area contributed by atoms with E-state index in [0.717, 1.165) is 21.6 Å². The van der Waals surface area contributed by atoms with Crippen LogP contribution in [0.25, 0.3) is 11.0 Å². The Labute approximate surface area is 121 Å². The summed E-state index contributed by atoms with van der Waals surface area (Å²) in [5, 5.41) is 2.84. The van der Waals surface area contributed by atoms with Gasteiger partial charge in [0.25, 0.3) is 0 Å². The molecule has 0 saturated heterocycles. The van der Waals surface area contributed by atoms with Gasteiger partial charge in [-0.05, 0) is 0 Å². The van der Waals surface area contributed by atoms with E-state index in [-0.39, 0.29) is 20.9 Å². The van der Waals surface area contributed by atoms with Crippen molar-refractivity contribution in [3.8, 4) is 0 Å². The second kappa shape index (κ2) is 5.17. The first-order chi connectivity index (χ1) is 9.22. The van der Waals surface area contributed by atoms with Crippen molar-refractivity contribution in [2.24, 2.45) is 0 Å². The molecule has 0 atom stereocenters. The van der Waals surface area contributed by atoms with Crippen LogP contribution in [0.3, 0.4) is 0 Å². The van der Waals surface area contributed by atoms with Gasteiger partial charge in [0.15, 0.2) is 0 Å². The SMILES string of the molecule is O=C(Nc1ccc(S)cc1)c1ccc2n[se]nc2c1. The maximum absolute atomic E-state index is 12.1. The van der Waals surface area contributed by atoms with Gasteiger partial charge in [-0.1, -0.05) is 0 Å². The fraction of sp³-hybridized carbons (Fsp3) is 0. The number of nitrogens with zero attached hydrogens (tertiary/aromatic N) is 2. The second-order valence-electron chi connectivity index (χ2n) is 3.97. The van der Waals surface area contributed by atoms with Gasteiger partial charge >= 0.3 is 121 Å². The standard InChI is InChI=1S/C13H9N3OSSe/c17-13(14-9-2-4-10(18)5-3-9)8-1-6-11-12(7-8)16-19-15-11/h1-7,18H,(H,14,17). The minimum absolute atomic E-state index is 0.0696. The van der Waals surface area contributed by atoms with Crippen LogP contribution in [0.2, 0.25) is 0 Å². The zero-order valence-electron chi connectivity index (χ0n) is 9.70. The molecule has 0 unspecified atom stereocenters. The number of fused-ring (bicyclic) bond motifs is 1. The van der Waals surface area contributed by atoms with E-state index in [2.05, 4.69) is 25.9 Å². The predicted octanol–water partition coefficient (Wildman–Crippen LogP) is 2.23. The number of nitrogens with one attached hydrogen (secondary N) is 1. The van der Waals surface area contributed by atoms with Gasteiger partial charge in [-0.3, -0.25) is 0 Å². The van der Waals surface area contributed by atoms with Crippen LogP contribution in [0.5, 0.6) is 0 Å². The van der Waals surface area contributed by atoms with E-state index in [1.165, 1.54) is 0 Å². The Balaban J connectivity index is 1.84. The Hall–Kier alpha value is -1.62. The molecule has 1 aromatic heterocycles. The van der Waals surface area contributed by atoms with Crippen molar-refractivity contribution in [3.05, 3.63) is 48.0 Å². The third kappa shape index (κ3) is 2.71. The molecule has 1 amide bonds. The fourth-order valence-electron chi connectivity index (χ4n) is 1.67. The van der Waals surface area contributed by atoms with E-state index >= 15 is 0 Å². The van der Waals surface area contributed by atoms with Crippen LogP contribution in [-0.4, -0.2) is 28.8 Å². The van der Waals surface area contributed by atoms with E-state index in [1.807, 2.05) is 30.3 Å². The zero-order valence-corrected chi connectivity index (χ0v) is 12.3. The number of thiol groups is 1. The van der Waals surface area contributed by atoms with Crippen LogP contribution in [-0.2, 0) is 0 Å². The molecule has 1 N–H and O–H groups in total. The topological polar surface area (TPSA) is 54.9 Å². The van der Waals surface area contributed by atoms with E-state index in [0.29, 0.717) is 5.56 Å². The average Bonchev–Trinajstić information content (AvgIpc) is 2.88. The normalized spacial score (nSPS) is 10.6. The predicted molar refractivity (Wildman–Crippen MR) is 78.1 cm³/mol. The minimum atomic E-state index is -0.149. The van der Waals surface area contributed by atoms with Crippen LogP contribution < -0.4 is 5.32 Å². The molecule has 3 rings (SSSR count). The molecule has 3 aromatic rings. The molecule has 0 spiro atoms. The average molecular weight is 334 g/mol. The maximum atomic E-state index is 12.1. The molecular weight excluding hydrogens is 325 g/mol. The summed E-state index contributed by atoms with van der Waals surface area (Å²) in [4.78, 5) is 13.0. The number of amides is 1. The first-order valence-corrected chi connectivity index (χ1v) is 7.53. The van der Waals surface area contributed by atoms with Gasteiger partial charge < -0.3 is 0 Å². The summed E-state index contributed by atoms with van der Waals surface area (Å²) in [7, 11) is 0. The summed E-state index contributed by atoms with van der Waals surface area (Å²) >= 11 is 4.13. The van der Waals surface area contributed by atoms with Crippen molar-refractivity contribution in [1.82, 2.24) is 7.96 Å². The van der Waals surface area contributed by atoms with Crippen LogP contribution in [0, 0.1) is 0 Å². The Morgan fingerprint density at radius 3 is 2.58 bits per heavy atom. The molecule has 1 heterocycles. The fourth-order valence-corrected chi connectivity index (χ4v) is 2.91. The van der Waals surface area contributed by atoms with Crippen molar-refractivity contribution in [3.63, 3.8) is 0 Å². The number of carbonyl (C=O) groups excluding carboxylic acids is 1. The summed E-state index contributed by atoms with van der Waals surface area (Å²) in [6.07, 6.45) is 0. The molecule has 0 bridgehead atoms. The molecule has 19 heavy (non-hydrogen) atoms. The van der Waals surface area contributed by atoms with Crippen LogP contribution in [0.1, 0.15) is 10.4 Å². The molecule has 0 aliphatic heterocycles. The van der Waals surface area contributed by atoms with E-state index < -0.39 is 0 Å². The van der Waals surface area contributed by atoms with Gasteiger partial charge in [0.05, 0.1) is 0 Å². The zero-order chi connectivity index (χ0) is 13.2. The third-order valence-corrected chi connectivity index (χ3v) is 4.11. The molecule has 0 saturated carbocycles. The van der Waals surface area contributed by atoms with Crippen molar-refractivity contribution >= 4 is 50.2 Å². The number of carbonyl (C=O) groups is 1. The van der Waals surface area contributed by atoms with Crippen LogP contribution in [0.15, 0.2) is 47.4 Å². The number of hydrogen-bond donors (Lipinski definition) is 2. The van der Waals surface area contributed by atoms with Crippen LogP contribution in [0.4, 0.5) is 5.69 Å². The third-order valence-electron chi connectivity index (χ3n) is 2.64. The Bertz CT molecular complexity index is 739. The van der Waals surface area contributed by atoms with E-state index in [1.54, 1.807) is 12.1 Å². The molecule has 2 aromatic carbocycles. The molecule has 0 fully saturated rings. The molecule has 94 valence electrons. The number of rotatable bonds is 2. The number of anilines is 1. The molecular formula is C13H9N3OSSe. The van der Waals surface area contributed by atoms with Crippen molar-refractivity contribution in [2.45, 2.75) is 4.90 Å². The van der Waals surface area contributed by atoms with Crippen molar-refractivity contribution < 1.29 is 4.79 Å². The summed E-state index contributed by atoms with van der Waals surface area (Å²) in [6.45, 7) is 0. The first-order valence-electron chi connectivity index (χ1n) is 5.55. The summed E-state index contributed by atoms with van der Waals surface area (Å²) in [5.41, 5.74) is 3.01. The van der Waals surface area contributed by atoms with Crippen molar-refractivity contribution in [1.29, 1.82) is 0 Å². The van der Waals surface area contributed by atoms with E-state index in [4.69, 9.17) is 0 Å². The molecule has 0 aliphatic rings. The van der Waals surface area contributed by atoms with Gasteiger partial charge in [-0.2, -0.15) is 0 Å². The Morgan fingerprint density at radius 2 is 1.79 bits per heavy atom. The molecule has 6 heteroatoms. The Kier molecular flexibility index (Phi) is 3.38. The molecule has 4 nitrogen and oxygen atoms in total. The monoisotopic (exact) mass is 335 g/mol. The van der Waals surface area contributed by atoms with Gasteiger partial charge in [0, 0.05) is 0 Å². The first kappa shape index (κ1) is 12.4. The van der Waals surface area contributed by atoms with Gasteiger partial charge in [0.2, 0.25) is 0 Å². The van der Waals surface area contributed by atoms with Gasteiger partial charge in [-0.25, -0.2) is 0 Å². The van der Waals surface area contributed by atoms with E-state index in [9.17, 15) is 4.79 Å². The summed E-state index contributed by atoms with van der Waals surface area (Å²) < 4.78 is 8.52. The van der Waals surface area contributed by atoms with Gasteiger partial charge in [0.1, 0.15) is 0 Å². The number of benzene rings is 2.